The van der Waals surface area contributed by atoms with Crippen LogP contribution in [0.5, 0.6) is 0 Å². The number of piperidine rings is 1. The van der Waals surface area contributed by atoms with E-state index in [2.05, 4.69) is 5.32 Å². The zero-order valence-corrected chi connectivity index (χ0v) is 16.3. The quantitative estimate of drug-likeness (QED) is 0.795. The number of carbonyl (C=O) groups is 3. The number of hydrogen-bond acceptors (Lipinski definition) is 6. The average molecular weight is 386 g/mol. The van der Waals surface area contributed by atoms with E-state index in [0.717, 1.165) is 24.8 Å². The van der Waals surface area contributed by atoms with Crippen molar-refractivity contribution in [1.82, 2.24) is 4.90 Å². The normalized spacial score (nSPS) is 31.2. The lowest BCUT2D eigenvalue weighted by molar-refractivity contribution is -0.160. The lowest BCUT2D eigenvalue weighted by Gasteiger charge is -2.38. The van der Waals surface area contributed by atoms with Gasteiger partial charge in [0.25, 0.3) is 0 Å². The molecule has 150 valence electrons. The number of ether oxygens (including phenoxy) is 2. The highest BCUT2D eigenvalue weighted by Gasteiger charge is 2.71. The van der Waals surface area contributed by atoms with Crippen molar-refractivity contribution in [3.05, 3.63) is 29.8 Å². The average Bonchev–Trinajstić information content (AvgIpc) is 3.16. The predicted molar refractivity (Wildman–Crippen MR) is 102 cm³/mol. The number of fused-ring (bicyclic) bond motifs is 4. The fourth-order valence-corrected chi connectivity index (χ4v) is 5.41. The van der Waals surface area contributed by atoms with Crippen molar-refractivity contribution in [2.24, 2.45) is 5.92 Å². The summed E-state index contributed by atoms with van der Waals surface area (Å²) in [6.45, 7) is 4.54. The molecule has 0 bridgehead atoms. The number of hydrogen-bond donors (Lipinski definition) is 1. The first-order valence-corrected chi connectivity index (χ1v) is 10.1. The van der Waals surface area contributed by atoms with Gasteiger partial charge in [0.15, 0.2) is 0 Å². The van der Waals surface area contributed by atoms with Crippen LogP contribution in [0.15, 0.2) is 24.3 Å². The molecule has 1 aromatic rings. The topological polar surface area (TPSA) is 84.9 Å². The Labute approximate surface area is 164 Å². The molecule has 0 unspecified atom stereocenters. The first kappa shape index (κ1) is 18.9. The summed E-state index contributed by atoms with van der Waals surface area (Å²) in [4.78, 5) is 41.6. The van der Waals surface area contributed by atoms with Crippen LogP contribution in [-0.2, 0) is 29.3 Å². The maximum absolute atomic E-state index is 13.5. The highest BCUT2D eigenvalue weighted by atomic mass is 16.5. The summed E-state index contributed by atoms with van der Waals surface area (Å²) >= 11 is 0. The third-order valence-corrected chi connectivity index (χ3v) is 6.30. The molecule has 2 fully saturated rings. The van der Waals surface area contributed by atoms with Gasteiger partial charge in [-0.1, -0.05) is 24.6 Å². The summed E-state index contributed by atoms with van der Waals surface area (Å²) < 4.78 is 10.7. The monoisotopic (exact) mass is 386 g/mol. The molecule has 7 heteroatoms. The second-order valence-corrected chi connectivity index (χ2v) is 7.54. The molecule has 4 atom stereocenters. The Balaban J connectivity index is 1.93. The maximum atomic E-state index is 13.5. The van der Waals surface area contributed by atoms with Crippen molar-refractivity contribution in [3.63, 3.8) is 0 Å². The molecule has 1 amide bonds. The zero-order chi connectivity index (χ0) is 19.9. The Morgan fingerprint density at radius 3 is 2.61 bits per heavy atom. The van der Waals surface area contributed by atoms with Crippen molar-refractivity contribution >= 4 is 23.5 Å². The van der Waals surface area contributed by atoms with Gasteiger partial charge in [0.2, 0.25) is 5.91 Å². The van der Waals surface area contributed by atoms with Crippen LogP contribution in [0.1, 0.15) is 38.7 Å². The van der Waals surface area contributed by atoms with Gasteiger partial charge in [-0.25, -0.2) is 0 Å². The second-order valence-electron chi connectivity index (χ2n) is 7.54. The molecule has 3 aliphatic heterocycles. The van der Waals surface area contributed by atoms with E-state index in [-0.39, 0.29) is 25.2 Å². The molecule has 1 spiro atoms. The largest absolute Gasteiger partial charge is 0.466 e. The van der Waals surface area contributed by atoms with Crippen LogP contribution < -0.4 is 5.32 Å². The van der Waals surface area contributed by atoms with E-state index in [4.69, 9.17) is 9.47 Å². The van der Waals surface area contributed by atoms with Crippen LogP contribution in [0.3, 0.4) is 0 Å². The third-order valence-electron chi connectivity index (χ3n) is 6.30. The lowest BCUT2D eigenvalue weighted by atomic mass is 9.66. The SMILES string of the molecule is CCOC(=O)[C@H]1[C@H](C(=O)OCC)[C@@]2(C(=O)Nc3ccccc32)[C@@H]2CCCCN21. The van der Waals surface area contributed by atoms with Crippen LogP contribution in [0, 0.1) is 5.92 Å². The third kappa shape index (κ3) is 2.49. The van der Waals surface area contributed by atoms with Crippen molar-refractivity contribution in [2.45, 2.75) is 50.6 Å². The number of anilines is 1. The summed E-state index contributed by atoms with van der Waals surface area (Å²) in [5.41, 5.74) is 0.347. The minimum absolute atomic E-state index is 0.189. The van der Waals surface area contributed by atoms with E-state index in [9.17, 15) is 14.4 Å². The number of nitrogens with zero attached hydrogens (tertiary/aromatic N) is 1. The molecule has 0 radical (unpaired) electrons. The Morgan fingerprint density at radius 1 is 1.14 bits per heavy atom. The zero-order valence-electron chi connectivity index (χ0n) is 16.3. The molecule has 2 saturated heterocycles. The summed E-state index contributed by atoms with van der Waals surface area (Å²) in [5, 5.41) is 2.96. The van der Waals surface area contributed by atoms with Gasteiger partial charge < -0.3 is 14.8 Å². The number of carbonyl (C=O) groups excluding carboxylic acids is 3. The minimum Gasteiger partial charge on any atom is -0.466 e. The Morgan fingerprint density at radius 2 is 1.86 bits per heavy atom. The molecule has 0 saturated carbocycles. The molecule has 1 aromatic carbocycles. The first-order chi connectivity index (χ1) is 13.6. The number of benzene rings is 1. The van der Waals surface area contributed by atoms with E-state index in [1.54, 1.807) is 13.8 Å². The van der Waals surface area contributed by atoms with Crippen molar-refractivity contribution in [2.75, 3.05) is 25.1 Å². The highest BCUT2D eigenvalue weighted by Crippen LogP contribution is 2.56. The van der Waals surface area contributed by atoms with Crippen LogP contribution in [-0.4, -0.2) is 54.6 Å². The fraction of sp³-hybridized carbons (Fsp3) is 0.571. The molecule has 0 aliphatic carbocycles. The van der Waals surface area contributed by atoms with E-state index in [1.165, 1.54) is 0 Å². The number of rotatable bonds is 4. The first-order valence-electron chi connectivity index (χ1n) is 10.1. The molecular formula is C21H26N2O5. The lowest BCUT2D eigenvalue weighted by Crippen LogP contribution is -2.52. The van der Waals surface area contributed by atoms with Crippen LogP contribution in [0.4, 0.5) is 5.69 Å². The minimum atomic E-state index is -1.14. The number of esters is 2. The molecular weight excluding hydrogens is 360 g/mol. The van der Waals surface area contributed by atoms with Gasteiger partial charge >= 0.3 is 11.9 Å². The Bertz CT molecular complexity index is 810. The number of para-hydroxylation sites is 1. The molecule has 28 heavy (non-hydrogen) atoms. The molecule has 3 aliphatic rings. The molecule has 7 nitrogen and oxygen atoms in total. The fourth-order valence-electron chi connectivity index (χ4n) is 5.41. The summed E-state index contributed by atoms with van der Waals surface area (Å²) in [6.07, 6.45) is 2.61. The van der Waals surface area contributed by atoms with Gasteiger partial charge in [-0.2, -0.15) is 0 Å². The summed E-state index contributed by atoms with van der Waals surface area (Å²) in [6, 6.07) is 6.39. The van der Waals surface area contributed by atoms with Crippen LogP contribution >= 0.6 is 0 Å². The maximum Gasteiger partial charge on any atom is 0.324 e. The van der Waals surface area contributed by atoms with Crippen molar-refractivity contribution in [3.8, 4) is 0 Å². The van der Waals surface area contributed by atoms with Crippen molar-refractivity contribution in [1.29, 1.82) is 0 Å². The van der Waals surface area contributed by atoms with Crippen molar-refractivity contribution < 1.29 is 23.9 Å². The number of nitrogens with one attached hydrogen (secondary N) is 1. The van der Waals surface area contributed by atoms with Gasteiger partial charge in [0.1, 0.15) is 17.4 Å². The van der Waals surface area contributed by atoms with Crippen LogP contribution in [0.2, 0.25) is 0 Å². The van der Waals surface area contributed by atoms with Crippen LogP contribution in [0.25, 0.3) is 0 Å². The molecule has 3 heterocycles. The summed E-state index contributed by atoms with van der Waals surface area (Å²) in [5.74, 6) is -2.13. The van der Waals surface area contributed by atoms with E-state index in [1.807, 2.05) is 29.2 Å². The Kier molecular flexibility index (Phi) is 4.87. The van der Waals surface area contributed by atoms with Gasteiger partial charge in [0.05, 0.1) is 13.2 Å². The number of amides is 1. The molecule has 0 aromatic heterocycles. The Hall–Kier alpha value is -2.41. The van der Waals surface area contributed by atoms with Gasteiger partial charge in [-0.15, -0.1) is 0 Å². The predicted octanol–water partition coefficient (Wildman–Crippen LogP) is 1.86. The molecule has 4 rings (SSSR count). The van der Waals surface area contributed by atoms with Gasteiger partial charge in [0, 0.05) is 11.7 Å². The van der Waals surface area contributed by atoms with E-state index >= 15 is 0 Å². The van der Waals surface area contributed by atoms with Gasteiger partial charge in [-0.3, -0.25) is 19.3 Å². The standard InChI is InChI=1S/C21H26N2O5/c1-3-27-18(24)16-17(19(25)28-4-2)23-12-8-7-11-15(23)21(16)13-9-5-6-10-14(13)22-20(21)26/h5-6,9-10,15-17H,3-4,7-8,11-12H2,1-2H3,(H,22,26)/t15-,16+,17+,21-/m0/s1. The van der Waals surface area contributed by atoms with E-state index in [0.29, 0.717) is 12.2 Å². The second kappa shape index (κ2) is 7.20. The molecule has 1 N–H and O–H groups in total. The van der Waals surface area contributed by atoms with Gasteiger partial charge in [-0.05, 0) is 44.9 Å². The highest BCUT2D eigenvalue weighted by molar-refractivity contribution is 6.11. The summed E-state index contributed by atoms with van der Waals surface area (Å²) in [7, 11) is 0. The van der Waals surface area contributed by atoms with E-state index < -0.39 is 29.3 Å². The smallest absolute Gasteiger partial charge is 0.324 e.